The summed E-state index contributed by atoms with van der Waals surface area (Å²) in [6.45, 7) is 7.60. The van der Waals surface area contributed by atoms with Gasteiger partial charge in [0.2, 0.25) is 0 Å². The molecule has 2 heterocycles. The van der Waals surface area contributed by atoms with Gasteiger partial charge in [-0.2, -0.15) is 0 Å². The number of rotatable bonds is 7. The second-order valence-electron chi connectivity index (χ2n) is 7.81. The number of ether oxygens (including phenoxy) is 1. The fraction of sp³-hybridized carbons (Fsp3) is 0.360. The lowest BCUT2D eigenvalue weighted by molar-refractivity contribution is 0.0552. The molecule has 0 atom stereocenters. The number of para-hydroxylation sites is 1. The van der Waals surface area contributed by atoms with Crippen LogP contribution in [0.4, 0.5) is 0 Å². The van der Waals surface area contributed by atoms with Crippen molar-refractivity contribution in [3.63, 3.8) is 0 Å². The summed E-state index contributed by atoms with van der Waals surface area (Å²) < 4.78 is 11.0. The summed E-state index contributed by atoms with van der Waals surface area (Å²) in [6.07, 6.45) is 1.03. The molecule has 0 N–H and O–H groups in total. The van der Waals surface area contributed by atoms with Crippen molar-refractivity contribution in [2.45, 2.75) is 13.3 Å². The van der Waals surface area contributed by atoms with Crippen LogP contribution >= 0.6 is 0 Å². The van der Waals surface area contributed by atoms with E-state index >= 15 is 0 Å². The van der Waals surface area contributed by atoms with E-state index in [9.17, 15) is 9.59 Å². The van der Waals surface area contributed by atoms with Gasteiger partial charge >= 0.3 is 5.63 Å². The van der Waals surface area contributed by atoms with Crippen LogP contribution in [0, 0.1) is 0 Å². The highest BCUT2D eigenvalue weighted by Gasteiger charge is 2.22. The number of piperazine rings is 1. The van der Waals surface area contributed by atoms with Gasteiger partial charge in [-0.15, -0.1) is 0 Å². The smallest absolute Gasteiger partial charge is 0.344 e. The Morgan fingerprint density at radius 2 is 1.81 bits per heavy atom. The molecule has 0 unspecified atom stereocenters. The molecule has 6 nitrogen and oxygen atoms in total. The zero-order chi connectivity index (χ0) is 21.6. The molecule has 1 saturated heterocycles. The molecule has 31 heavy (non-hydrogen) atoms. The first kappa shape index (κ1) is 21.3. The third-order valence-corrected chi connectivity index (χ3v) is 5.62. The summed E-state index contributed by atoms with van der Waals surface area (Å²) in [5, 5.41) is 0.855. The molecule has 0 spiro atoms. The van der Waals surface area contributed by atoms with Crippen molar-refractivity contribution in [2.75, 3.05) is 45.9 Å². The van der Waals surface area contributed by atoms with Crippen LogP contribution in [0.2, 0.25) is 0 Å². The lowest BCUT2D eigenvalue weighted by Gasteiger charge is -2.34. The maximum absolute atomic E-state index is 13.1. The summed E-state index contributed by atoms with van der Waals surface area (Å²) in [5.41, 5.74) is 1.90. The monoisotopic (exact) mass is 420 g/mol. The Morgan fingerprint density at radius 3 is 2.61 bits per heavy atom. The van der Waals surface area contributed by atoms with E-state index in [4.69, 9.17) is 9.15 Å². The van der Waals surface area contributed by atoms with Crippen molar-refractivity contribution >= 4 is 16.9 Å². The predicted octanol–water partition coefficient (Wildman–Crippen LogP) is 3.64. The minimum absolute atomic E-state index is 0.00564. The van der Waals surface area contributed by atoms with Gasteiger partial charge in [0.1, 0.15) is 5.58 Å². The first-order chi connectivity index (χ1) is 15.2. The Kier molecular flexibility index (Phi) is 6.79. The van der Waals surface area contributed by atoms with E-state index in [1.165, 1.54) is 0 Å². The van der Waals surface area contributed by atoms with Gasteiger partial charge in [-0.05, 0) is 36.2 Å². The SMILES string of the molecule is CCCOCCN1CCN(C(=O)c2cccc(-c3cc4ccccc4oc3=O)c2)CC1. The predicted molar refractivity (Wildman–Crippen MR) is 121 cm³/mol. The van der Waals surface area contributed by atoms with Crippen LogP contribution in [0.1, 0.15) is 23.7 Å². The second kappa shape index (κ2) is 9.90. The largest absolute Gasteiger partial charge is 0.422 e. The molecular weight excluding hydrogens is 392 g/mol. The fourth-order valence-corrected chi connectivity index (χ4v) is 3.88. The molecule has 1 aliphatic heterocycles. The number of hydrogen-bond donors (Lipinski definition) is 0. The van der Waals surface area contributed by atoms with E-state index in [1.54, 1.807) is 18.2 Å². The molecule has 162 valence electrons. The average molecular weight is 421 g/mol. The van der Waals surface area contributed by atoms with Crippen LogP contribution in [-0.4, -0.2) is 61.6 Å². The number of amides is 1. The van der Waals surface area contributed by atoms with Crippen molar-refractivity contribution < 1.29 is 13.9 Å². The second-order valence-corrected chi connectivity index (χ2v) is 7.81. The van der Waals surface area contributed by atoms with E-state index in [-0.39, 0.29) is 5.91 Å². The van der Waals surface area contributed by atoms with E-state index in [0.29, 0.717) is 35.4 Å². The Labute approximate surface area is 182 Å². The molecule has 6 heteroatoms. The molecule has 1 fully saturated rings. The maximum Gasteiger partial charge on any atom is 0.344 e. The number of carbonyl (C=O) groups excluding carboxylic acids is 1. The number of benzene rings is 2. The highest BCUT2D eigenvalue weighted by molar-refractivity contribution is 5.95. The molecule has 0 aliphatic carbocycles. The van der Waals surface area contributed by atoms with E-state index in [1.807, 2.05) is 41.3 Å². The first-order valence-electron chi connectivity index (χ1n) is 10.9. The molecule has 2 aromatic carbocycles. The summed E-state index contributed by atoms with van der Waals surface area (Å²) in [4.78, 5) is 29.8. The maximum atomic E-state index is 13.1. The van der Waals surface area contributed by atoms with E-state index in [0.717, 1.165) is 44.7 Å². The highest BCUT2D eigenvalue weighted by Crippen LogP contribution is 2.22. The Bertz CT molecular complexity index is 1100. The summed E-state index contributed by atoms with van der Waals surface area (Å²) >= 11 is 0. The fourth-order valence-electron chi connectivity index (χ4n) is 3.88. The van der Waals surface area contributed by atoms with Crippen LogP contribution in [0.25, 0.3) is 22.1 Å². The number of nitrogens with zero attached hydrogens (tertiary/aromatic N) is 2. The molecule has 3 aromatic rings. The van der Waals surface area contributed by atoms with Crippen LogP contribution in [0.3, 0.4) is 0 Å². The number of fused-ring (bicyclic) bond motifs is 1. The normalized spacial score (nSPS) is 14.8. The topological polar surface area (TPSA) is 63.0 Å². The van der Waals surface area contributed by atoms with Gasteiger partial charge < -0.3 is 14.1 Å². The first-order valence-corrected chi connectivity index (χ1v) is 10.9. The molecular formula is C25H28N2O4. The van der Waals surface area contributed by atoms with Crippen molar-refractivity contribution in [3.8, 4) is 11.1 Å². The lowest BCUT2D eigenvalue weighted by Crippen LogP contribution is -2.49. The van der Waals surface area contributed by atoms with Gasteiger partial charge in [-0.25, -0.2) is 4.79 Å². The summed E-state index contributed by atoms with van der Waals surface area (Å²) in [6, 6.07) is 16.5. The molecule has 0 bridgehead atoms. The molecule has 1 aromatic heterocycles. The Balaban J connectivity index is 1.45. The standard InChI is InChI=1S/C25H28N2O4/c1-2-15-30-16-14-26-10-12-27(13-11-26)24(28)21-8-5-7-19(17-21)22-18-20-6-3-4-9-23(20)31-25(22)29/h3-9,17-18H,2,10-16H2,1H3. The quantitative estimate of drug-likeness (QED) is 0.431. The summed E-state index contributed by atoms with van der Waals surface area (Å²) in [5.74, 6) is -0.00564. The highest BCUT2D eigenvalue weighted by atomic mass is 16.5. The minimum Gasteiger partial charge on any atom is -0.422 e. The Hall–Kier alpha value is -2.96. The van der Waals surface area contributed by atoms with Crippen LogP contribution in [-0.2, 0) is 4.74 Å². The molecule has 1 aliphatic rings. The number of hydrogen-bond acceptors (Lipinski definition) is 5. The third kappa shape index (κ3) is 5.03. The minimum atomic E-state index is -0.401. The Morgan fingerprint density at radius 1 is 1.00 bits per heavy atom. The van der Waals surface area contributed by atoms with Crippen molar-refractivity contribution in [2.24, 2.45) is 0 Å². The van der Waals surface area contributed by atoms with Crippen LogP contribution in [0.5, 0.6) is 0 Å². The van der Waals surface area contributed by atoms with Crippen LogP contribution < -0.4 is 5.63 Å². The van der Waals surface area contributed by atoms with Gasteiger partial charge in [-0.3, -0.25) is 9.69 Å². The van der Waals surface area contributed by atoms with Crippen molar-refractivity contribution in [3.05, 3.63) is 70.6 Å². The van der Waals surface area contributed by atoms with E-state index in [2.05, 4.69) is 11.8 Å². The average Bonchev–Trinajstić information content (AvgIpc) is 2.81. The molecule has 0 saturated carbocycles. The van der Waals surface area contributed by atoms with Gasteiger partial charge in [0.05, 0.1) is 12.2 Å². The molecule has 0 radical (unpaired) electrons. The van der Waals surface area contributed by atoms with Gasteiger partial charge in [-0.1, -0.05) is 37.3 Å². The molecule has 4 rings (SSSR count). The number of carbonyl (C=O) groups is 1. The zero-order valence-electron chi connectivity index (χ0n) is 17.9. The van der Waals surface area contributed by atoms with Gasteiger partial charge in [0, 0.05) is 50.3 Å². The van der Waals surface area contributed by atoms with Crippen molar-refractivity contribution in [1.29, 1.82) is 0 Å². The zero-order valence-corrected chi connectivity index (χ0v) is 17.9. The van der Waals surface area contributed by atoms with Crippen molar-refractivity contribution in [1.82, 2.24) is 9.80 Å². The third-order valence-electron chi connectivity index (χ3n) is 5.62. The van der Waals surface area contributed by atoms with E-state index < -0.39 is 5.63 Å². The lowest BCUT2D eigenvalue weighted by atomic mass is 10.0. The van der Waals surface area contributed by atoms with Gasteiger partial charge in [0.15, 0.2) is 0 Å². The van der Waals surface area contributed by atoms with Crippen LogP contribution in [0.15, 0.2) is 63.8 Å². The van der Waals surface area contributed by atoms with Gasteiger partial charge in [0.25, 0.3) is 5.91 Å². The molecule has 1 amide bonds. The summed E-state index contributed by atoms with van der Waals surface area (Å²) in [7, 11) is 0.